The van der Waals surface area contributed by atoms with Crippen molar-refractivity contribution < 1.29 is 23.8 Å². The lowest BCUT2D eigenvalue weighted by Gasteiger charge is -2.13. The SMILES string of the molecule is CCOCC.Cc1cc(C)c(C(=O)O[P+](O)(O)c2ccccc2)c(C)c1. The maximum absolute atomic E-state index is 12.3. The van der Waals surface area contributed by atoms with E-state index in [4.69, 9.17) is 9.26 Å². The van der Waals surface area contributed by atoms with Crippen molar-refractivity contribution in [3.8, 4) is 0 Å². The molecule has 142 valence electrons. The molecule has 0 bridgehead atoms. The molecule has 0 saturated carbocycles. The molecule has 5 nitrogen and oxygen atoms in total. The molecule has 0 heterocycles. The van der Waals surface area contributed by atoms with Gasteiger partial charge < -0.3 is 4.74 Å². The highest BCUT2D eigenvalue weighted by molar-refractivity contribution is 7.68. The number of carbonyl (C=O) groups is 1. The fraction of sp³-hybridized carbons (Fsp3) is 0.350. The van der Waals surface area contributed by atoms with Crippen LogP contribution in [0.15, 0.2) is 42.5 Å². The average Bonchev–Trinajstić information content (AvgIpc) is 2.55. The van der Waals surface area contributed by atoms with Gasteiger partial charge in [-0.25, -0.2) is 9.32 Å². The molecule has 0 aliphatic heterocycles. The highest BCUT2D eigenvalue weighted by atomic mass is 31.2. The van der Waals surface area contributed by atoms with Crippen LogP contribution in [0.25, 0.3) is 0 Å². The Bertz CT molecular complexity index is 688. The fourth-order valence-electron chi connectivity index (χ4n) is 2.54. The molecule has 2 rings (SSSR count). The predicted molar refractivity (Wildman–Crippen MR) is 106 cm³/mol. The third-order valence-electron chi connectivity index (χ3n) is 3.59. The minimum absolute atomic E-state index is 0.209. The Kier molecular flexibility index (Phi) is 8.89. The molecule has 2 N–H and O–H groups in total. The van der Waals surface area contributed by atoms with E-state index in [2.05, 4.69) is 0 Å². The van der Waals surface area contributed by atoms with Crippen LogP contribution in [-0.2, 0) is 9.26 Å². The van der Waals surface area contributed by atoms with E-state index in [1.165, 1.54) is 12.1 Å². The first-order valence-corrected chi connectivity index (χ1v) is 10.1. The van der Waals surface area contributed by atoms with Crippen LogP contribution in [0.3, 0.4) is 0 Å². The maximum atomic E-state index is 12.3. The molecule has 0 fully saturated rings. The highest BCUT2D eigenvalue weighted by Crippen LogP contribution is 2.50. The summed E-state index contributed by atoms with van der Waals surface area (Å²) in [4.78, 5) is 32.4. The summed E-state index contributed by atoms with van der Waals surface area (Å²) in [6.45, 7) is 11.2. The van der Waals surface area contributed by atoms with Crippen LogP contribution >= 0.6 is 7.94 Å². The van der Waals surface area contributed by atoms with E-state index in [9.17, 15) is 14.6 Å². The second kappa shape index (κ2) is 10.4. The number of hydrogen-bond acceptors (Lipinski definition) is 5. The molecule has 0 aromatic heterocycles. The van der Waals surface area contributed by atoms with Gasteiger partial charge in [0.1, 0.15) is 0 Å². The average molecular weight is 379 g/mol. The number of rotatable bonds is 5. The summed E-state index contributed by atoms with van der Waals surface area (Å²) in [5.74, 6) is -0.716. The van der Waals surface area contributed by atoms with Gasteiger partial charge in [-0.05, 0) is 57.9 Å². The number of aryl methyl sites for hydroxylation is 3. The van der Waals surface area contributed by atoms with Gasteiger partial charge in [0.15, 0.2) is 5.30 Å². The van der Waals surface area contributed by atoms with Crippen LogP contribution in [0, 0.1) is 20.8 Å². The van der Waals surface area contributed by atoms with Crippen LogP contribution in [0.4, 0.5) is 0 Å². The first-order chi connectivity index (χ1) is 12.2. The van der Waals surface area contributed by atoms with Crippen LogP contribution in [0.5, 0.6) is 0 Å². The summed E-state index contributed by atoms with van der Waals surface area (Å²) < 4.78 is 9.83. The molecular weight excluding hydrogens is 351 g/mol. The smallest absolute Gasteiger partial charge is 0.382 e. The minimum Gasteiger partial charge on any atom is -0.382 e. The Labute approximate surface area is 156 Å². The molecule has 0 radical (unpaired) electrons. The van der Waals surface area contributed by atoms with Crippen molar-refractivity contribution in [3.05, 3.63) is 64.7 Å². The van der Waals surface area contributed by atoms with Gasteiger partial charge in [-0.3, -0.25) is 0 Å². The van der Waals surface area contributed by atoms with E-state index >= 15 is 0 Å². The van der Waals surface area contributed by atoms with Crippen LogP contribution in [0.1, 0.15) is 40.9 Å². The quantitative estimate of drug-likeness (QED) is 0.771. The summed E-state index contributed by atoms with van der Waals surface area (Å²) in [7, 11) is -3.92. The summed E-state index contributed by atoms with van der Waals surface area (Å²) in [6, 6.07) is 11.8. The Morgan fingerprint density at radius 2 is 1.46 bits per heavy atom. The molecule has 0 aliphatic rings. The molecule has 0 amide bonds. The monoisotopic (exact) mass is 379 g/mol. The van der Waals surface area contributed by atoms with E-state index in [0.717, 1.165) is 29.9 Å². The fourth-order valence-corrected chi connectivity index (χ4v) is 3.53. The third kappa shape index (κ3) is 6.50. The first kappa shape index (κ1) is 22.3. The summed E-state index contributed by atoms with van der Waals surface area (Å²) >= 11 is 0. The van der Waals surface area contributed by atoms with Crippen molar-refractivity contribution >= 4 is 19.2 Å². The van der Waals surface area contributed by atoms with Gasteiger partial charge in [0, 0.05) is 13.2 Å². The van der Waals surface area contributed by atoms with Crippen LogP contribution in [0.2, 0.25) is 0 Å². The zero-order valence-electron chi connectivity index (χ0n) is 16.0. The highest BCUT2D eigenvalue weighted by Gasteiger charge is 2.43. The van der Waals surface area contributed by atoms with E-state index in [1.54, 1.807) is 32.0 Å². The first-order valence-electron chi connectivity index (χ1n) is 8.52. The lowest BCUT2D eigenvalue weighted by atomic mass is 10.0. The number of ether oxygens (including phenoxy) is 1. The minimum atomic E-state index is -3.92. The number of benzene rings is 2. The van der Waals surface area contributed by atoms with E-state index in [1.807, 2.05) is 32.9 Å². The molecule has 0 atom stereocenters. The van der Waals surface area contributed by atoms with Crippen molar-refractivity contribution in [2.45, 2.75) is 34.6 Å². The zero-order chi connectivity index (χ0) is 19.7. The summed E-state index contributed by atoms with van der Waals surface area (Å²) in [5.41, 5.74) is 2.93. The molecule has 0 spiro atoms. The predicted octanol–water partition coefficient (Wildman–Crippen LogP) is 3.88. The van der Waals surface area contributed by atoms with E-state index in [-0.39, 0.29) is 5.30 Å². The second-order valence-electron chi connectivity index (χ2n) is 5.81. The Balaban J connectivity index is 0.000000597. The van der Waals surface area contributed by atoms with Crippen molar-refractivity contribution in [3.63, 3.8) is 0 Å². The van der Waals surface area contributed by atoms with E-state index < -0.39 is 13.9 Å². The van der Waals surface area contributed by atoms with E-state index in [0.29, 0.717) is 5.56 Å². The summed E-state index contributed by atoms with van der Waals surface area (Å²) in [5, 5.41) is 0.209. The van der Waals surface area contributed by atoms with Crippen LogP contribution < -0.4 is 5.30 Å². The molecule has 0 aliphatic carbocycles. The van der Waals surface area contributed by atoms with Crippen LogP contribution in [-0.4, -0.2) is 29.0 Å². The molecule has 6 heteroatoms. The van der Waals surface area contributed by atoms with Gasteiger partial charge in [-0.15, -0.1) is 0 Å². The zero-order valence-corrected chi connectivity index (χ0v) is 16.9. The molecule has 2 aromatic carbocycles. The van der Waals surface area contributed by atoms with Gasteiger partial charge in [0.25, 0.3) is 0 Å². The van der Waals surface area contributed by atoms with Gasteiger partial charge in [-0.1, -0.05) is 35.9 Å². The standard InChI is InChI=1S/C16H18O4P.C4H10O/c1-11-9-12(2)15(13(3)10-11)16(17)20-21(18,19)14-7-5-4-6-8-14;1-3-5-4-2/h4-10,18-19H,1-3H3;3-4H2,1-2H3/q+1;. The Morgan fingerprint density at radius 3 is 1.88 bits per heavy atom. The summed E-state index contributed by atoms with van der Waals surface area (Å²) in [6.07, 6.45) is 0. The maximum Gasteiger partial charge on any atom is 0.492 e. The topological polar surface area (TPSA) is 76.0 Å². The molecule has 0 unspecified atom stereocenters. The molecular formula is C20H28O5P+. The number of hydrogen-bond donors (Lipinski definition) is 2. The van der Waals surface area contributed by atoms with Crippen molar-refractivity contribution in [2.75, 3.05) is 13.2 Å². The van der Waals surface area contributed by atoms with Gasteiger partial charge >= 0.3 is 13.9 Å². The number of carbonyl (C=O) groups excluding carboxylic acids is 1. The van der Waals surface area contributed by atoms with Gasteiger partial charge in [-0.2, -0.15) is 9.79 Å². The Hall–Kier alpha value is -1.78. The largest absolute Gasteiger partial charge is 0.492 e. The third-order valence-corrected chi connectivity index (χ3v) is 4.98. The second-order valence-corrected chi connectivity index (χ2v) is 7.60. The van der Waals surface area contributed by atoms with Gasteiger partial charge in [0.2, 0.25) is 0 Å². The molecule has 0 saturated heterocycles. The molecule has 2 aromatic rings. The lowest BCUT2D eigenvalue weighted by molar-refractivity contribution is 0.0702. The van der Waals surface area contributed by atoms with Crippen molar-refractivity contribution in [1.82, 2.24) is 0 Å². The lowest BCUT2D eigenvalue weighted by Crippen LogP contribution is -2.18. The van der Waals surface area contributed by atoms with Crippen molar-refractivity contribution in [1.29, 1.82) is 0 Å². The normalized spacial score (nSPS) is 10.7. The van der Waals surface area contributed by atoms with Gasteiger partial charge in [0.05, 0.1) is 5.56 Å². The molecule has 26 heavy (non-hydrogen) atoms. The Morgan fingerprint density at radius 1 is 0.962 bits per heavy atom. The van der Waals surface area contributed by atoms with Crippen molar-refractivity contribution in [2.24, 2.45) is 0 Å².